The number of nitrogens with two attached hydrogens (primary N) is 1. The zero-order valence-electron chi connectivity index (χ0n) is 13.1. The molecule has 0 aliphatic carbocycles. The second-order valence-electron chi connectivity index (χ2n) is 5.91. The Labute approximate surface area is 136 Å². The van der Waals surface area contributed by atoms with Crippen LogP contribution in [-0.4, -0.2) is 45.9 Å². The molecule has 2 aromatic rings. The van der Waals surface area contributed by atoms with E-state index in [1.807, 2.05) is 44.2 Å². The first kappa shape index (κ1) is 18.1. The first-order chi connectivity index (χ1) is 9.93. The molecule has 120 valence electrons. The van der Waals surface area contributed by atoms with Gasteiger partial charge in [-0.05, 0) is 24.1 Å². The summed E-state index contributed by atoms with van der Waals surface area (Å²) in [6.45, 7) is 5.14. The zero-order chi connectivity index (χ0) is 15.5. The van der Waals surface area contributed by atoms with Crippen LogP contribution in [0.25, 0.3) is 5.69 Å². The molecule has 7 heteroatoms. The van der Waals surface area contributed by atoms with E-state index in [2.05, 4.69) is 10.3 Å². The average Bonchev–Trinajstić information content (AvgIpc) is 2.96. The van der Waals surface area contributed by atoms with Crippen molar-refractivity contribution >= 4 is 18.3 Å². The van der Waals surface area contributed by atoms with Crippen molar-refractivity contribution < 1.29 is 4.79 Å². The van der Waals surface area contributed by atoms with Crippen LogP contribution in [0.5, 0.6) is 0 Å². The molecule has 0 bridgehead atoms. The molecule has 0 saturated carbocycles. The lowest BCUT2D eigenvalue weighted by Gasteiger charge is -2.28. The number of hydrogen-bond acceptors (Lipinski definition) is 4. The van der Waals surface area contributed by atoms with E-state index in [1.54, 1.807) is 22.8 Å². The van der Waals surface area contributed by atoms with Gasteiger partial charge >= 0.3 is 0 Å². The number of para-hydroxylation sites is 1. The average molecular weight is 324 g/mol. The molecule has 0 unspecified atom stereocenters. The van der Waals surface area contributed by atoms with Crippen molar-refractivity contribution in [2.75, 3.05) is 20.1 Å². The zero-order valence-corrected chi connectivity index (χ0v) is 13.9. The van der Waals surface area contributed by atoms with Crippen LogP contribution in [0.15, 0.2) is 36.5 Å². The third-order valence-electron chi connectivity index (χ3n) is 3.30. The van der Waals surface area contributed by atoms with E-state index in [0.717, 1.165) is 5.69 Å². The molecular formula is C15H22ClN5O. The van der Waals surface area contributed by atoms with E-state index >= 15 is 0 Å². The van der Waals surface area contributed by atoms with Crippen LogP contribution in [0.3, 0.4) is 0 Å². The lowest BCUT2D eigenvalue weighted by Crippen LogP contribution is -2.39. The third kappa shape index (κ3) is 4.29. The van der Waals surface area contributed by atoms with E-state index in [1.165, 1.54) is 0 Å². The van der Waals surface area contributed by atoms with Crippen LogP contribution in [0.1, 0.15) is 24.3 Å². The predicted octanol–water partition coefficient (Wildman–Crippen LogP) is 1.75. The number of carbonyl (C=O) groups is 1. The Balaban J connectivity index is 0.00000242. The maximum atomic E-state index is 12.4. The maximum absolute atomic E-state index is 12.4. The number of rotatable bonds is 5. The highest BCUT2D eigenvalue weighted by atomic mass is 35.5. The fourth-order valence-corrected chi connectivity index (χ4v) is 2.04. The van der Waals surface area contributed by atoms with Crippen molar-refractivity contribution in [2.24, 2.45) is 11.1 Å². The highest BCUT2D eigenvalue weighted by Gasteiger charge is 2.23. The van der Waals surface area contributed by atoms with E-state index in [-0.39, 0.29) is 23.7 Å². The first-order valence-electron chi connectivity index (χ1n) is 6.86. The normalized spacial score (nSPS) is 10.9. The Morgan fingerprint density at radius 1 is 1.32 bits per heavy atom. The molecule has 2 N–H and O–H groups in total. The third-order valence-corrected chi connectivity index (χ3v) is 3.30. The largest absolute Gasteiger partial charge is 0.340 e. The second kappa shape index (κ2) is 7.38. The molecule has 0 atom stereocenters. The summed E-state index contributed by atoms with van der Waals surface area (Å²) >= 11 is 0. The molecule has 0 spiro atoms. The number of amides is 1. The Kier molecular flexibility index (Phi) is 6.08. The minimum absolute atomic E-state index is 0. The summed E-state index contributed by atoms with van der Waals surface area (Å²) < 4.78 is 1.59. The van der Waals surface area contributed by atoms with Gasteiger partial charge in [-0.3, -0.25) is 4.79 Å². The van der Waals surface area contributed by atoms with Crippen LogP contribution in [0.2, 0.25) is 0 Å². The first-order valence-corrected chi connectivity index (χ1v) is 6.86. The van der Waals surface area contributed by atoms with Gasteiger partial charge in [0.2, 0.25) is 0 Å². The molecule has 0 fully saturated rings. The highest BCUT2D eigenvalue weighted by molar-refractivity contribution is 5.91. The van der Waals surface area contributed by atoms with Gasteiger partial charge in [-0.25, -0.2) is 4.68 Å². The minimum atomic E-state index is -0.154. The van der Waals surface area contributed by atoms with Crippen LogP contribution < -0.4 is 5.73 Å². The molecule has 1 amide bonds. The summed E-state index contributed by atoms with van der Waals surface area (Å²) in [5, 5.41) is 7.96. The number of aromatic nitrogens is 3. The number of halogens is 1. The van der Waals surface area contributed by atoms with Crippen molar-refractivity contribution in [3.8, 4) is 5.69 Å². The van der Waals surface area contributed by atoms with Crippen molar-refractivity contribution in [1.29, 1.82) is 0 Å². The van der Waals surface area contributed by atoms with Gasteiger partial charge in [0.1, 0.15) is 0 Å². The molecule has 0 radical (unpaired) electrons. The lowest BCUT2D eigenvalue weighted by molar-refractivity contribution is 0.0734. The van der Waals surface area contributed by atoms with E-state index in [0.29, 0.717) is 18.8 Å². The van der Waals surface area contributed by atoms with Crippen LogP contribution in [0, 0.1) is 5.41 Å². The predicted molar refractivity (Wildman–Crippen MR) is 88.4 cm³/mol. The number of nitrogens with zero attached hydrogens (tertiary/aromatic N) is 4. The van der Waals surface area contributed by atoms with Gasteiger partial charge in [0.15, 0.2) is 5.69 Å². The van der Waals surface area contributed by atoms with Gasteiger partial charge in [-0.15, -0.1) is 17.5 Å². The Morgan fingerprint density at radius 2 is 1.95 bits per heavy atom. The van der Waals surface area contributed by atoms with Crippen LogP contribution in [0.4, 0.5) is 0 Å². The fourth-order valence-electron chi connectivity index (χ4n) is 2.04. The quantitative estimate of drug-likeness (QED) is 0.909. The fraction of sp³-hybridized carbons (Fsp3) is 0.400. The van der Waals surface area contributed by atoms with Gasteiger partial charge < -0.3 is 10.6 Å². The van der Waals surface area contributed by atoms with Crippen molar-refractivity contribution in [3.05, 3.63) is 42.2 Å². The molecule has 0 saturated heterocycles. The maximum Gasteiger partial charge on any atom is 0.275 e. The Bertz CT molecular complexity index is 611. The topological polar surface area (TPSA) is 77.0 Å². The van der Waals surface area contributed by atoms with Crippen LogP contribution in [-0.2, 0) is 0 Å². The summed E-state index contributed by atoms with van der Waals surface area (Å²) in [4.78, 5) is 14.0. The summed E-state index contributed by atoms with van der Waals surface area (Å²) in [5.74, 6) is -0.154. The monoisotopic (exact) mass is 323 g/mol. The highest BCUT2D eigenvalue weighted by Crippen LogP contribution is 2.15. The molecular weight excluding hydrogens is 302 g/mol. The van der Waals surface area contributed by atoms with Gasteiger partial charge in [0.25, 0.3) is 5.91 Å². The molecule has 1 aromatic carbocycles. The van der Waals surface area contributed by atoms with Gasteiger partial charge in [0.05, 0.1) is 11.9 Å². The number of hydrogen-bond donors (Lipinski definition) is 1. The van der Waals surface area contributed by atoms with Gasteiger partial charge in [-0.2, -0.15) is 0 Å². The summed E-state index contributed by atoms with van der Waals surface area (Å²) in [5.41, 5.74) is 6.78. The van der Waals surface area contributed by atoms with Gasteiger partial charge in [0, 0.05) is 13.6 Å². The molecule has 6 nitrogen and oxygen atoms in total. The Hall–Kier alpha value is -1.92. The molecule has 1 aromatic heterocycles. The minimum Gasteiger partial charge on any atom is -0.340 e. The Morgan fingerprint density at radius 3 is 2.55 bits per heavy atom. The van der Waals surface area contributed by atoms with Crippen molar-refractivity contribution in [3.63, 3.8) is 0 Å². The standard InChI is InChI=1S/C15H21N5O.ClH/c1-15(2,10-16)11-19(3)14(21)13-9-20(18-17-13)12-7-5-4-6-8-12;/h4-9H,10-11,16H2,1-3H3;1H. The molecule has 2 rings (SSSR count). The summed E-state index contributed by atoms with van der Waals surface area (Å²) in [7, 11) is 1.75. The van der Waals surface area contributed by atoms with Gasteiger partial charge in [-0.1, -0.05) is 37.3 Å². The van der Waals surface area contributed by atoms with Crippen molar-refractivity contribution in [1.82, 2.24) is 19.9 Å². The number of benzene rings is 1. The summed E-state index contributed by atoms with van der Waals surface area (Å²) in [6.07, 6.45) is 1.64. The molecule has 0 aliphatic heterocycles. The van der Waals surface area contributed by atoms with E-state index in [4.69, 9.17) is 5.73 Å². The SMILES string of the molecule is CN(CC(C)(C)CN)C(=O)c1cn(-c2ccccc2)nn1.Cl. The molecule has 0 aliphatic rings. The van der Waals surface area contributed by atoms with E-state index in [9.17, 15) is 4.79 Å². The number of carbonyl (C=O) groups excluding carboxylic acids is 1. The van der Waals surface area contributed by atoms with Crippen LogP contribution >= 0.6 is 12.4 Å². The molecule has 22 heavy (non-hydrogen) atoms. The summed E-state index contributed by atoms with van der Waals surface area (Å²) in [6, 6.07) is 9.56. The lowest BCUT2D eigenvalue weighted by atomic mass is 9.93. The molecule has 1 heterocycles. The second-order valence-corrected chi connectivity index (χ2v) is 5.91. The van der Waals surface area contributed by atoms with E-state index < -0.39 is 0 Å². The smallest absolute Gasteiger partial charge is 0.275 e. The van der Waals surface area contributed by atoms with Crippen molar-refractivity contribution in [2.45, 2.75) is 13.8 Å².